The minimum absolute atomic E-state index is 0.0240. The molecule has 1 saturated heterocycles. The third-order valence-electron chi connectivity index (χ3n) is 4.40. The molecule has 27 heavy (non-hydrogen) atoms. The average molecular weight is 390 g/mol. The summed E-state index contributed by atoms with van der Waals surface area (Å²) in [6, 6.07) is 8.27. The van der Waals surface area contributed by atoms with Crippen molar-refractivity contribution in [2.24, 2.45) is 0 Å². The molecule has 0 amide bonds. The Morgan fingerprint density at radius 1 is 1.19 bits per heavy atom. The van der Waals surface area contributed by atoms with E-state index < -0.39 is 4.92 Å². The molecule has 140 valence electrons. The van der Waals surface area contributed by atoms with Crippen LogP contribution in [0.25, 0.3) is 11.7 Å². The van der Waals surface area contributed by atoms with Gasteiger partial charge in [-0.3, -0.25) is 15.0 Å². The molecule has 0 saturated carbocycles. The average Bonchev–Trinajstić information content (AvgIpc) is 3.34. The van der Waals surface area contributed by atoms with E-state index in [2.05, 4.69) is 15.1 Å². The zero-order valence-electron chi connectivity index (χ0n) is 14.2. The number of nitro groups is 1. The van der Waals surface area contributed by atoms with Crippen LogP contribution in [0.5, 0.6) is 0 Å². The standard InChI is InChI=1S/C17H16ClN5O4/c18-12-3-4-13(14(10-12)23(24)25)22-7-5-21(6-8-22)11-16-19-20-17(27-16)15-2-1-9-26-15/h1-4,9-10H,5-8,11H2. The first kappa shape index (κ1) is 17.5. The number of nitro benzene ring substituents is 1. The van der Waals surface area contributed by atoms with Gasteiger partial charge in [0.15, 0.2) is 5.76 Å². The highest BCUT2D eigenvalue weighted by Gasteiger charge is 2.25. The van der Waals surface area contributed by atoms with Gasteiger partial charge in [0.1, 0.15) is 5.69 Å². The quantitative estimate of drug-likeness (QED) is 0.484. The van der Waals surface area contributed by atoms with E-state index in [-0.39, 0.29) is 5.69 Å². The van der Waals surface area contributed by atoms with Crippen LogP contribution >= 0.6 is 11.6 Å². The van der Waals surface area contributed by atoms with Crippen LogP contribution in [0.4, 0.5) is 11.4 Å². The van der Waals surface area contributed by atoms with Gasteiger partial charge in [-0.05, 0) is 24.3 Å². The molecule has 0 unspecified atom stereocenters. The van der Waals surface area contributed by atoms with Crippen molar-refractivity contribution in [3.63, 3.8) is 0 Å². The van der Waals surface area contributed by atoms with Crippen LogP contribution in [0.2, 0.25) is 5.02 Å². The van der Waals surface area contributed by atoms with Crippen molar-refractivity contribution in [2.45, 2.75) is 6.54 Å². The lowest BCUT2D eigenvalue weighted by Crippen LogP contribution is -2.46. The number of aromatic nitrogens is 2. The topological polar surface area (TPSA) is 102 Å². The molecule has 1 aliphatic heterocycles. The second-order valence-electron chi connectivity index (χ2n) is 6.13. The third-order valence-corrected chi connectivity index (χ3v) is 4.64. The van der Waals surface area contributed by atoms with Crippen LogP contribution in [0.1, 0.15) is 5.89 Å². The Hall–Kier alpha value is -2.91. The van der Waals surface area contributed by atoms with Gasteiger partial charge in [-0.1, -0.05) is 11.6 Å². The van der Waals surface area contributed by atoms with E-state index in [1.54, 1.807) is 30.5 Å². The maximum Gasteiger partial charge on any atom is 0.294 e. The van der Waals surface area contributed by atoms with E-state index in [0.717, 1.165) is 13.1 Å². The summed E-state index contributed by atoms with van der Waals surface area (Å²) in [5, 5.41) is 19.7. The van der Waals surface area contributed by atoms with Gasteiger partial charge < -0.3 is 13.7 Å². The first-order chi connectivity index (χ1) is 13.1. The lowest BCUT2D eigenvalue weighted by molar-refractivity contribution is -0.384. The Labute approximate surface area is 159 Å². The summed E-state index contributed by atoms with van der Waals surface area (Å²) >= 11 is 5.89. The minimum atomic E-state index is -0.401. The zero-order chi connectivity index (χ0) is 18.8. The van der Waals surface area contributed by atoms with Crippen molar-refractivity contribution in [1.82, 2.24) is 15.1 Å². The lowest BCUT2D eigenvalue weighted by atomic mass is 10.2. The number of hydrogen-bond acceptors (Lipinski definition) is 8. The molecule has 0 radical (unpaired) electrons. The fourth-order valence-electron chi connectivity index (χ4n) is 3.07. The minimum Gasteiger partial charge on any atom is -0.459 e. The van der Waals surface area contributed by atoms with Gasteiger partial charge in [0.2, 0.25) is 5.89 Å². The fourth-order valence-corrected chi connectivity index (χ4v) is 3.23. The summed E-state index contributed by atoms with van der Waals surface area (Å²) in [6.45, 7) is 3.27. The molecular formula is C17H16ClN5O4. The summed E-state index contributed by atoms with van der Waals surface area (Å²) in [5.41, 5.74) is 0.609. The van der Waals surface area contributed by atoms with E-state index in [0.29, 0.717) is 47.9 Å². The highest BCUT2D eigenvalue weighted by molar-refractivity contribution is 6.30. The molecule has 0 aliphatic carbocycles. The van der Waals surface area contributed by atoms with Crippen molar-refractivity contribution < 1.29 is 13.8 Å². The maximum atomic E-state index is 11.3. The predicted octanol–water partition coefficient (Wildman–Crippen LogP) is 3.21. The first-order valence-electron chi connectivity index (χ1n) is 8.37. The van der Waals surface area contributed by atoms with Crippen molar-refractivity contribution in [2.75, 3.05) is 31.1 Å². The molecule has 3 heterocycles. The van der Waals surface area contributed by atoms with E-state index in [9.17, 15) is 10.1 Å². The van der Waals surface area contributed by atoms with Crippen molar-refractivity contribution in [1.29, 1.82) is 0 Å². The molecule has 1 aliphatic rings. The largest absolute Gasteiger partial charge is 0.459 e. The van der Waals surface area contributed by atoms with E-state index >= 15 is 0 Å². The van der Waals surface area contributed by atoms with Gasteiger partial charge in [-0.2, -0.15) is 0 Å². The highest BCUT2D eigenvalue weighted by Crippen LogP contribution is 2.31. The number of rotatable bonds is 5. The maximum absolute atomic E-state index is 11.3. The molecule has 0 spiro atoms. The predicted molar refractivity (Wildman–Crippen MR) is 97.6 cm³/mol. The summed E-state index contributed by atoms with van der Waals surface area (Å²) in [5.74, 6) is 1.39. The number of piperazine rings is 1. The van der Waals surface area contributed by atoms with Crippen LogP contribution < -0.4 is 4.90 Å². The number of furan rings is 1. The van der Waals surface area contributed by atoms with Crippen molar-refractivity contribution in [3.8, 4) is 11.7 Å². The molecule has 1 aromatic carbocycles. The van der Waals surface area contributed by atoms with Gasteiger partial charge in [0.25, 0.3) is 11.6 Å². The monoisotopic (exact) mass is 389 g/mol. The SMILES string of the molecule is O=[N+]([O-])c1cc(Cl)ccc1N1CCN(Cc2nnc(-c3ccco3)o2)CC1. The van der Waals surface area contributed by atoms with Gasteiger partial charge in [-0.25, -0.2) is 0 Å². The van der Waals surface area contributed by atoms with Gasteiger partial charge >= 0.3 is 0 Å². The van der Waals surface area contributed by atoms with Crippen LogP contribution in [0.3, 0.4) is 0 Å². The molecule has 9 nitrogen and oxygen atoms in total. The van der Waals surface area contributed by atoms with Crippen molar-refractivity contribution >= 4 is 23.0 Å². The first-order valence-corrected chi connectivity index (χ1v) is 8.75. The van der Waals surface area contributed by atoms with Gasteiger partial charge in [-0.15, -0.1) is 10.2 Å². The summed E-state index contributed by atoms with van der Waals surface area (Å²) in [4.78, 5) is 15.1. The Morgan fingerprint density at radius 2 is 2.00 bits per heavy atom. The molecule has 2 aromatic heterocycles. The Balaban J connectivity index is 1.39. The van der Waals surface area contributed by atoms with Crippen molar-refractivity contribution in [3.05, 3.63) is 57.6 Å². The number of benzene rings is 1. The third kappa shape index (κ3) is 3.79. The number of hydrogen-bond donors (Lipinski definition) is 0. The number of nitrogens with zero attached hydrogens (tertiary/aromatic N) is 5. The molecule has 10 heteroatoms. The van der Waals surface area contributed by atoms with Gasteiger partial charge in [0, 0.05) is 37.3 Å². The van der Waals surface area contributed by atoms with Crippen LogP contribution in [-0.4, -0.2) is 46.2 Å². The van der Waals surface area contributed by atoms with Crippen LogP contribution in [0, 0.1) is 10.1 Å². The Morgan fingerprint density at radius 3 is 2.70 bits per heavy atom. The summed E-state index contributed by atoms with van der Waals surface area (Å²) in [6.07, 6.45) is 1.55. The van der Waals surface area contributed by atoms with E-state index in [1.165, 1.54) is 6.07 Å². The number of halogens is 1. The molecular weight excluding hydrogens is 374 g/mol. The summed E-state index contributed by atoms with van der Waals surface area (Å²) < 4.78 is 10.9. The smallest absolute Gasteiger partial charge is 0.294 e. The van der Waals surface area contributed by atoms with Crippen LogP contribution in [-0.2, 0) is 6.54 Å². The Bertz CT molecular complexity index is 935. The van der Waals surface area contributed by atoms with E-state index in [4.69, 9.17) is 20.4 Å². The molecule has 3 aromatic rings. The van der Waals surface area contributed by atoms with Gasteiger partial charge in [0.05, 0.1) is 17.7 Å². The summed E-state index contributed by atoms with van der Waals surface area (Å²) in [7, 11) is 0. The molecule has 4 rings (SSSR count). The molecule has 1 fully saturated rings. The fraction of sp³-hybridized carbons (Fsp3) is 0.294. The zero-order valence-corrected chi connectivity index (χ0v) is 15.0. The van der Waals surface area contributed by atoms with E-state index in [1.807, 2.05) is 4.90 Å². The Kier molecular flexibility index (Phi) is 4.78. The number of anilines is 1. The second-order valence-corrected chi connectivity index (χ2v) is 6.57. The molecule has 0 atom stereocenters. The molecule has 0 bridgehead atoms. The van der Waals surface area contributed by atoms with Crippen LogP contribution in [0.15, 0.2) is 45.4 Å². The highest BCUT2D eigenvalue weighted by atomic mass is 35.5. The second kappa shape index (κ2) is 7.37. The normalized spacial score (nSPS) is 15.2. The molecule has 0 N–H and O–H groups in total. The lowest BCUT2D eigenvalue weighted by Gasteiger charge is -2.35.